The average Bonchev–Trinajstić information content (AvgIpc) is 4.16. The Bertz CT molecular complexity index is 2900. The van der Waals surface area contributed by atoms with Crippen LogP contribution in [0.25, 0.3) is 21.8 Å². The van der Waals surface area contributed by atoms with Gasteiger partial charge in [-0.25, -0.2) is 9.59 Å². The molecule has 0 aliphatic carbocycles. The summed E-state index contributed by atoms with van der Waals surface area (Å²) in [6.07, 6.45) is 3.90. The van der Waals surface area contributed by atoms with Crippen LogP contribution in [0.1, 0.15) is 149 Å². The van der Waals surface area contributed by atoms with Gasteiger partial charge in [0.05, 0.1) is 31.9 Å². The minimum atomic E-state index is -1.86. The van der Waals surface area contributed by atoms with E-state index in [1.54, 1.807) is 85.1 Å². The molecule has 1 N–H and O–H groups in total. The van der Waals surface area contributed by atoms with Gasteiger partial charge in [-0.3, -0.25) is 4.79 Å². The molecule has 3 heterocycles. The van der Waals surface area contributed by atoms with Gasteiger partial charge >= 0.3 is 35.2 Å². The minimum Gasteiger partial charge on any atom is -1.00 e. The summed E-state index contributed by atoms with van der Waals surface area (Å²) in [5.41, 5.74) is 3.29. The molecule has 0 bridgehead atoms. The van der Waals surface area contributed by atoms with Crippen LogP contribution in [0.3, 0.4) is 0 Å². The largest absolute Gasteiger partial charge is 2.00 e. The molecular formula is C62H92ClIMgN4O11Si2. The summed E-state index contributed by atoms with van der Waals surface area (Å²) in [4.78, 5) is 36.0. The summed E-state index contributed by atoms with van der Waals surface area (Å²) < 4.78 is 42.2. The van der Waals surface area contributed by atoms with Crippen molar-refractivity contribution >= 4 is 103 Å². The summed E-state index contributed by atoms with van der Waals surface area (Å²) in [6, 6.07) is 26.7. The van der Waals surface area contributed by atoms with Gasteiger partial charge in [-0.05, 0) is 173 Å². The first-order chi connectivity index (χ1) is 37.1. The summed E-state index contributed by atoms with van der Waals surface area (Å²) in [7, 11) is -0.346. The van der Waals surface area contributed by atoms with E-state index in [2.05, 4.69) is 125 Å². The first-order valence-corrected chi connectivity index (χ1v) is 34.2. The van der Waals surface area contributed by atoms with Gasteiger partial charge in [0.1, 0.15) is 40.2 Å². The molecule has 1 aliphatic heterocycles. The number of hydrogen-bond acceptors (Lipinski definition) is 13. The maximum atomic E-state index is 12.9. The normalized spacial score (nSPS) is 13.0. The van der Waals surface area contributed by atoms with Crippen LogP contribution >= 0.6 is 22.6 Å². The fourth-order valence-electron chi connectivity index (χ4n) is 6.91. The molecule has 1 unspecified atom stereocenters. The second kappa shape index (κ2) is 33.7. The van der Waals surface area contributed by atoms with Crippen LogP contribution in [0.2, 0.25) is 36.3 Å². The number of carbonyl (C=O) groups is 3. The van der Waals surface area contributed by atoms with E-state index >= 15 is 0 Å². The number of carbonyl (C=O) groups excluding carboxylic acids is 3. The maximum Gasteiger partial charge on any atom is 2.00 e. The number of aldehydes is 1. The number of fused-ring (bicyclic) bond motifs is 2. The average molecular weight is 1310 g/mol. The van der Waals surface area contributed by atoms with Gasteiger partial charge in [0.2, 0.25) is 0 Å². The fourth-order valence-corrected chi connectivity index (χ4v) is 9.27. The molecule has 1 atom stereocenters. The molecule has 2 aromatic heterocycles. The van der Waals surface area contributed by atoms with Crippen LogP contribution in [-0.4, -0.2) is 128 Å². The smallest absolute Gasteiger partial charge is 1.00 e. The van der Waals surface area contributed by atoms with Crippen molar-refractivity contribution in [1.29, 1.82) is 0 Å². The van der Waals surface area contributed by atoms with Crippen molar-refractivity contribution in [3.8, 4) is 11.5 Å². The van der Waals surface area contributed by atoms with Gasteiger partial charge < -0.3 is 56.5 Å². The van der Waals surface area contributed by atoms with Crippen LogP contribution in [0.5, 0.6) is 11.5 Å². The number of rotatable bonds is 12. The van der Waals surface area contributed by atoms with Gasteiger partial charge in [0.15, 0.2) is 22.9 Å². The number of halogens is 2. The molecule has 4 aromatic carbocycles. The molecule has 82 heavy (non-hydrogen) atoms. The number of methoxy groups -OCH3 is 2. The minimum absolute atomic E-state index is 0. The van der Waals surface area contributed by atoms with Crippen LogP contribution in [0.4, 0.5) is 9.59 Å². The number of benzene rings is 4. The zero-order valence-electron chi connectivity index (χ0n) is 52.5. The van der Waals surface area contributed by atoms with Crippen molar-refractivity contribution in [3.05, 3.63) is 123 Å². The molecule has 0 spiro atoms. The molecule has 20 heteroatoms. The number of aliphatic hydroxyl groups excluding tert-OH is 1. The van der Waals surface area contributed by atoms with E-state index in [0.717, 1.165) is 36.5 Å². The molecule has 1 aliphatic rings. The zero-order chi connectivity index (χ0) is 60.4. The van der Waals surface area contributed by atoms with Gasteiger partial charge in [-0.1, -0.05) is 77.9 Å². The Labute approximate surface area is 527 Å². The van der Waals surface area contributed by atoms with Gasteiger partial charge in [0.25, 0.3) is 0 Å². The van der Waals surface area contributed by atoms with E-state index in [4.69, 9.17) is 32.5 Å². The van der Waals surface area contributed by atoms with Crippen molar-refractivity contribution < 1.29 is 64.4 Å². The Balaban J connectivity index is 0.000000606. The van der Waals surface area contributed by atoms with E-state index in [1.165, 1.54) is 33.8 Å². The van der Waals surface area contributed by atoms with Crippen molar-refractivity contribution in [2.24, 2.45) is 0 Å². The molecule has 450 valence electrons. The Morgan fingerprint density at radius 3 is 1.52 bits per heavy atom. The third-order valence-corrected chi connectivity index (χ3v) is 23.2. The van der Waals surface area contributed by atoms with Crippen LogP contribution in [0, 0.1) is 9.99 Å². The second-order valence-corrected chi connectivity index (χ2v) is 35.4. The van der Waals surface area contributed by atoms with Gasteiger partial charge in [-0.2, -0.15) is 33.4 Å². The number of aromatic nitrogens is 4. The fraction of sp³-hybridized carbons (Fsp3) is 0.516. The molecule has 15 nitrogen and oxygen atoms in total. The number of nitrogens with zero attached hydrogens (tertiary/aromatic N) is 4. The summed E-state index contributed by atoms with van der Waals surface area (Å²) in [5, 5.41) is 21.3. The number of ether oxygens (including phenoxy) is 5. The molecule has 0 radical (unpaired) electrons. The van der Waals surface area contributed by atoms with Crippen LogP contribution in [-0.2, 0) is 36.1 Å². The zero-order valence-corrected chi connectivity index (χ0v) is 58.9. The van der Waals surface area contributed by atoms with E-state index in [0.29, 0.717) is 62.5 Å². The Kier molecular flexibility index (Phi) is 31.3. The first kappa shape index (κ1) is 76.1. The van der Waals surface area contributed by atoms with Crippen molar-refractivity contribution in [1.82, 2.24) is 19.6 Å². The van der Waals surface area contributed by atoms with Crippen LogP contribution in [0.15, 0.2) is 84.9 Å². The predicted molar refractivity (Wildman–Crippen MR) is 341 cm³/mol. The van der Waals surface area contributed by atoms with Gasteiger partial charge in [-0.15, -0.1) is 0 Å². The Hall–Kier alpha value is -3.91. The van der Waals surface area contributed by atoms with E-state index in [-0.39, 0.29) is 46.2 Å². The topological polar surface area (TPSA) is 172 Å². The van der Waals surface area contributed by atoms with E-state index < -0.39 is 46.1 Å². The van der Waals surface area contributed by atoms with E-state index in [1.807, 2.05) is 44.5 Å². The predicted octanol–water partition coefficient (Wildman–Crippen LogP) is 12.6. The monoisotopic (exact) mass is 1310 g/mol. The molecule has 1 fully saturated rings. The second-order valence-electron chi connectivity index (χ2n) is 24.5. The standard InChI is InChI=1S/C27H38N2O5Si.C14H23IOSi.C14H16N2O4.C4H8O.C3H7.ClH.Mg/c1-26(2,3)34-25(31)29-22-16-20(32-7)14-15-21(22)23(28-29)24(30)19-12-10-18(11-13-19)17-33-35(8,9)27(4,5)6;1-14(2,3)17(4,5)16-11-10-12-6-8-13(15)9-7-12;1-14(2,3)20-13(18)16-12-7-9(19-4)5-6-10(12)11(8-17)15-16;1-2-4-5-3-1;1-3-2;;/h10-16,24,30H,17H2,1-9H3;6-9H,10-11H2,1-5H3;5-8H,1-4H3;1-4H2;3H,1-2H3;1H;/q;;;;-1;;+2/p-1. The third-order valence-electron chi connectivity index (χ3n) is 13.4. The summed E-state index contributed by atoms with van der Waals surface area (Å²) in [6.45, 7) is 40.6. The maximum absolute atomic E-state index is 12.9. The summed E-state index contributed by atoms with van der Waals surface area (Å²) in [5.74, 6) is 1.15. The van der Waals surface area contributed by atoms with E-state index in [9.17, 15) is 19.5 Å². The van der Waals surface area contributed by atoms with Crippen molar-refractivity contribution in [2.75, 3.05) is 34.0 Å². The summed E-state index contributed by atoms with van der Waals surface area (Å²) >= 11 is 2.33. The molecule has 0 amide bonds. The molecule has 6 aromatic rings. The first-order valence-electron chi connectivity index (χ1n) is 27.3. The molecule has 7 rings (SSSR count). The number of aliphatic hydroxyl groups is 1. The van der Waals surface area contributed by atoms with Crippen molar-refractivity contribution in [3.63, 3.8) is 0 Å². The number of hydrogen-bond donors (Lipinski definition) is 1. The Morgan fingerprint density at radius 2 is 1.11 bits per heavy atom. The molecule has 0 saturated carbocycles. The molecule has 1 saturated heterocycles. The van der Waals surface area contributed by atoms with Crippen LogP contribution < -0.4 is 21.9 Å². The quantitative estimate of drug-likeness (QED) is 0.0532. The SMILES string of the molecule is C1CCOC1.CC(C)(C)[Si](C)(C)OCCc1ccc(I)cc1.COc1ccc2c(C(O)c3ccc(CO[Si](C)(C)C(C)(C)C)cc3)nn(C(=O)OC(C)(C)C)c2c1.COc1ccc2c(C=O)nn(C(=O)OC(C)(C)C)c2c1.C[CH-]C.[Cl-].[Mg+2]. The third kappa shape index (κ3) is 23.9. The Morgan fingerprint density at radius 1 is 0.683 bits per heavy atom. The molecular weight excluding hydrogens is 1220 g/mol. The van der Waals surface area contributed by atoms with Gasteiger partial charge in [0, 0.05) is 46.3 Å². The van der Waals surface area contributed by atoms with Crippen molar-refractivity contribution in [2.45, 2.75) is 176 Å².